The summed E-state index contributed by atoms with van der Waals surface area (Å²) in [5, 5.41) is 10.7. The zero-order valence-electron chi connectivity index (χ0n) is 12.4. The maximum absolute atomic E-state index is 11.8. The van der Waals surface area contributed by atoms with Crippen molar-refractivity contribution in [1.82, 2.24) is 15.5 Å². The monoisotopic (exact) mass is 312 g/mol. The van der Waals surface area contributed by atoms with Crippen LogP contribution >= 0.6 is 0 Å². The van der Waals surface area contributed by atoms with E-state index < -0.39 is 9.84 Å². The van der Waals surface area contributed by atoms with Crippen molar-refractivity contribution in [3.8, 4) is 0 Å². The molecule has 0 aliphatic carbocycles. The van der Waals surface area contributed by atoms with Gasteiger partial charge in [-0.25, -0.2) is 8.42 Å². The molecule has 0 saturated carbocycles. The molecule has 21 heavy (non-hydrogen) atoms. The fourth-order valence-corrected chi connectivity index (χ4v) is 4.01. The molecule has 1 atom stereocenters. The number of anilines is 1. The van der Waals surface area contributed by atoms with Gasteiger partial charge in [-0.3, -0.25) is 4.79 Å². The molecule has 1 aromatic rings. The van der Waals surface area contributed by atoms with Crippen LogP contribution in [0.4, 0.5) is 5.82 Å². The molecule has 116 valence electrons. The van der Waals surface area contributed by atoms with E-state index in [2.05, 4.69) is 15.5 Å². The Kier molecular flexibility index (Phi) is 4.46. The zero-order valence-corrected chi connectivity index (χ0v) is 13.2. The summed E-state index contributed by atoms with van der Waals surface area (Å²) in [5.74, 6) is 0.652. The topological polar surface area (TPSA) is 92.3 Å². The highest BCUT2D eigenvalue weighted by Crippen LogP contribution is 2.20. The summed E-state index contributed by atoms with van der Waals surface area (Å²) in [6.07, 6.45) is 0.593. The largest absolute Gasteiger partial charge is 0.354 e. The number of sulfone groups is 1. The van der Waals surface area contributed by atoms with Crippen LogP contribution in [-0.2, 0) is 9.84 Å². The van der Waals surface area contributed by atoms with Crippen LogP contribution in [0.15, 0.2) is 12.1 Å². The lowest BCUT2D eigenvalue weighted by Crippen LogP contribution is -2.34. The average Bonchev–Trinajstić information content (AvgIpc) is 2.77. The molecule has 2 rings (SSSR count). The van der Waals surface area contributed by atoms with Gasteiger partial charge in [0.25, 0.3) is 5.91 Å². The summed E-state index contributed by atoms with van der Waals surface area (Å²) in [7, 11) is -1.14. The Bertz CT molecular complexity index is 613. The smallest absolute Gasteiger partial charge is 0.271 e. The number of hydrogen-bond donors (Lipinski definition) is 1. The van der Waals surface area contributed by atoms with Gasteiger partial charge in [-0.1, -0.05) is 0 Å². The molecule has 1 amide bonds. The highest BCUT2D eigenvalue weighted by atomic mass is 32.2. The van der Waals surface area contributed by atoms with E-state index in [4.69, 9.17) is 0 Å². The Balaban J connectivity index is 2.07. The van der Waals surface area contributed by atoms with Crippen molar-refractivity contribution in [2.75, 3.05) is 23.5 Å². The standard InChI is InChI=1S/C13H20N4O3S/c1-9(2)14-13(18)11-4-5-12(16-15-11)17(3)10-6-7-21(19,20)8-10/h4-5,9-10H,6-8H2,1-3H3,(H,14,18). The van der Waals surface area contributed by atoms with Crippen LogP contribution in [-0.4, -0.2) is 55.2 Å². The number of nitrogens with one attached hydrogen (secondary N) is 1. The number of hydrogen-bond acceptors (Lipinski definition) is 6. The number of carbonyl (C=O) groups is 1. The highest BCUT2D eigenvalue weighted by Gasteiger charge is 2.31. The van der Waals surface area contributed by atoms with Gasteiger partial charge in [0, 0.05) is 19.1 Å². The van der Waals surface area contributed by atoms with Crippen LogP contribution in [0, 0.1) is 0 Å². The first-order valence-electron chi connectivity index (χ1n) is 6.86. The van der Waals surface area contributed by atoms with Crippen LogP contribution in [0.25, 0.3) is 0 Å². The summed E-state index contributed by atoms with van der Waals surface area (Å²) in [6.45, 7) is 3.74. The van der Waals surface area contributed by atoms with Crippen LogP contribution in [0.1, 0.15) is 30.8 Å². The van der Waals surface area contributed by atoms with Gasteiger partial charge < -0.3 is 10.2 Å². The van der Waals surface area contributed by atoms with E-state index in [1.54, 1.807) is 19.2 Å². The van der Waals surface area contributed by atoms with E-state index in [9.17, 15) is 13.2 Å². The Hall–Kier alpha value is -1.70. The Morgan fingerprint density at radius 2 is 2.10 bits per heavy atom. The third-order valence-electron chi connectivity index (χ3n) is 3.42. The lowest BCUT2D eigenvalue weighted by Gasteiger charge is -2.23. The normalized spacial score (nSPS) is 20.5. The first-order valence-corrected chi connectivity index (χ1v) is 8.68. The van der Waals surface area contributed by atoms with Gasteiger partial charge in [0.2, 0.25) is 0 Å². The van der Waals surface area contributed by atoms with E-state index in [0.717, 1.165) is 0 Å². The van der Waals surface area contributed by atoms with Gasteiger partial charge in [-0.05, 0) is 32.4 Å². The highest BCUT2D eigenvalue weighted by molar-refractivity contribution is 7.91. The van der Waals surface area contributed by atoms with Gasteiger partial charge >= 0.3 is 0 Å². The van der Waals surface area contributed by atoms with Gasteiger partial charge in [0.15, 0.2) is 21.3 Å². The zero-order chi connectivity index (χ0) is 15.6. The summed E-state index contributed by atoms with van der Waals surface area (Å²) in [6, 6.07) is 3.23. The van der Waals surface area contributed by atoms with Crippen molar-refractivity contribution >= 4 is 21.6 Å². The molecule has 1 fully saturated rings. The minimum atomic E-state index is -2.94. The fourth-order valence-electron chi connectivity index (χ4n) is 2.24. The predicted molar refractivity (Wildman–Crippen MR) is 80.1 cm³/mol. The molecule has 0 radical (unpaired) electrons. The molecule has 1 unspecified atom stereocenters. The quantitative estimate of drug-likeness (QED) is 0.856. The Labute approximate surface area is 124 Å². The molecule has 0 spiro atoms. The second-order valence-corrected chi connectivity index (χ2v) is 7.80. The third-order valence-corrected chi connectivity index (χ3v) is 5.17. The Morgan fingerprint density at radius 1 is 1.38 bits per heavy atom. The first kappa shape index (κ1) is 15.7. The summed E-state index contributed by atoms with van der Waals surface area (Å²) in [5.41, 5.74) is 0.250. The molecule has 1 N–H and O–H groups in total. The minimum Gasteiger partial charge on any atom is -0.354 e. The van der Waals surface area contributed by atoms with Crippen LogP contribution in [0.3, 0.4) is 0 Å². The van der Waals surface area contributed by atoms with Gasteiger partial charge in [-0.2, -0.15) is 0 Å². The van der Waals surface area contributed by atoms with E-state index >= 15 is 0 Å². The van der Waals surface area contributed by atoms with E-state index in [1.165, 1.54) is 0 Å². The van der Waals surface area contributed by atoms with Crippen molar-refractivity contribution < 1.29 is 13.2 Å². The fraction of sp³-hybridized carbons (Fsp3) is 0.615. The van der Waals surface area contributed by atoms with Crippen LogP contribution in [0.2, 0.25) is 0 Å². The molecule has 2 heterocycles. The van der Waals surface area contributed by atoms with Crippen molar-refractivity contribution in [3.05, 3.63) is 17.8 Å². The molecule has 1 saturated heterocycles. The summed E-state index contributed by atoms with van der Waals surface area (Å²) < 4.78 is 23.0. The van der Waals surface area contributed by atoms with Crippen molar-refractivity contribution in [2.24, 2.45) is 0 Å². The molecular weight excluding hydrogens is 292 g/mol. The van der Waals surface area contributed by atoms with Gasteiger partial charge in [0.1, 0.15) is 0 Å². The summed E-state index contributed by atoms with van der Waals surface area (Å²) in [4.78, 5) is 13.6. The predicted octanol–water partition coefficient (Wildman–Crippen LogP) is 0.238. The number of rotatable bonds is 4. The number of nitrogens with zero attached hydrogens (tertiary/aromatic N) is 3. The third kappa shape index (κ3) is 3.90. The summed E-state index contributed by atoms with van der Waals surface area (Å²) >= 11 is 0. The number of aromatic nitrogens is 2. The van der Waals surface area contributed by atoms with Crippen LogP contribution in [0.5, 0.6) is 0 Å². The van der Waals surface area contributed by atoms with Crippen LogP contribution < -0.4 is 10.2 Å². The van der Waals surface area contributed by atoms with Gasteiger partial charge in [-0.15, -0.1) is 10.2 Å². The lowest BCUT2D eigenvalue weighted by molar-refractivity contribution is 0.0937. The molecule has 1 aliphatic heterocycles. The van der Waals surface area contributed by atoms with Crippen molar-refractivity contribution in [3.63, 3.8) is 0 Å². The molecule has 7 nitrogen and oxygen atoms in total. The molecule has 8 heteroatoms. The number of carbonyl (C=O) groups excluding carboxylic acids is 1. The van der Waals surface area contributed by atoms with Crippen molar-refractivity contribution in [2.45, 2.75) is 32.4 Å². The molecule has 1 aliphatic rings. The molecular formula is C13H20N4O3S. The molecule has 1 aromatic heterocycles. The molecule has 0 aromatic carbocycles. The number of amides is 1. The lowest BCUT2D eigenvalue weighted by atomic mass is 10.2. The maximum Gasteiger partial charge on any atom is 0.271 e. The maximum atomic E-state index is 11.8. The second kappa shape index (κ2) is 5.97. The second-order valence-electron chi connectivity index (χ2n) is 5.57. The molecule has 0 bridgehead atoms. The van der Waals surface area contributed by atoms with E-state index in [-0.39, 0.29) is 35.2 Å². The van der Waals surface area contributed by atoms with Gasteiger partial charge in [0.05, 0.1) is 11.5 Å². The van der Waals surface area contributed by atoms with E-state index in [0.29, 0.717) is 12.2 Å². The minimum absolute atomic E-state index is 0.0327. The van der Waals surface area contributed by atoms with E-state index in [1.807, 2.05) is 18.7 Å². The SMILES string of the molecule is CC(C)NC(=O)c1ccc(N(C)C2CCS(=O)(=O)C2)nn1. The first-order chi connectivity index (χ1) is 9.78. The Morgan fingerprint density at radius 3 is 2.57 bits per heavy atom. The van der Waals surface area contributed by atoms with Crippen molar-refractivity contribution in [1.29, 1.82) is 0 Å². The average molecular weight is 312 g/mol.